The molecule has 0 bridgehead atoms. The molecule has 0 spiro atoms. The molecule has 2 aromatic carbocycles. The molecule has 140 valence electrons. The lowest BCUT2D eigenvalue weighted by Gasteiger charge is -2.11. The number of aromatic amines is 1. The fourth-order valence-corrected chi connectivity index (χ4v) is 2.61. The molecule has 0 fully saturated rings. The maximum Gasteiger partial charge on any atom is 0.267 e. The summed E-state index contributed by atoms with van der Waals surface area (Å²) in [5, 5.41) is 3.11. The first-order valence-electron chi connectivity index (χ1n) is 8.11. The molecule has 0 aliphatic rings. The number of fused-ring (bicyclic) bond motifs is 1. The van der Waals surface area contributed by atoms with Gasteiger partial charge in [0.15, 0.2) is 18.1 Å². The third kappa shape index (κ3) is 4.17. The summed E-state index contributed by atoms with van der Waals surface area (Å²) in [6.45, 7) is -0.0352. The highest BCUT2D eigenvalue weighted by molar-refractivity contribution is 5.98. The number of H-pyrrole nitrogens is 1. The van der Waals surface area contributed by atoms with Gasteiger partial charge >= 0.3 is 0 Å². The van der Waals surface area contributed by atoms with Crippen LogP contribution in [0.1, 0.15) is 16.1 Å². The van der Waals surface area contributed by atoms with Crippen LogP contribution in [0.15, 0.2) is 42.5 Å². The number of rotatable bonds is 7. The first-order valence-corrected chi connectivity index (χ1v) is 8.11. The summed E-state index contributed by atoms with van der Waals surface area (Å²) in [5.41, 5.74) is 6.64. The molecule has 27 heavy (non-hydrogen) atoms. The van der Waals surface area contributed by atoms with Crippen molar-refractivity contribution in [3.63, 3.8) is 0 Å². The number of halogens is 1. The fraction of sp³-hybridized carbons (Fsp3) is 0.158. The van der Waals surface area contributed by atoms with Crippen LogP contribution in [-0.2, 0) is 11.3 Å². The average molecular weight is 371 g/mol. The van der Waals surface area contributed by atoms with Gasteiger partial charge in [0.25, 0.3) is 11.8 Å². The zero-order chi connectivity index (χ0) is 19.4. The number of hydrogen-bond donors (Lipinski definition) is 3. The Kier molecular flexibility index (Phi) is 5.25. The molecule has 0 unspecified atom stereocenters. The number of carbonyl (C=O) groups excluding carboxylic acids is 2. The zero-order valence-corrected chi connectivity index (χ0v) is 14.5. The maximum atomic E-state index is 13.7. The third-order valence-electron chi connectivity index (χ3n) is 3.91. The van der Waals surface area contributed by atoms with Gasteiger partial charge in [0.1, 0.15) is 11.5 Å². The van der Waals surface area contributed by atoms with Gasteiger partial charge in [-0.05, 0) is 35.9 Å². The first-order chi connectivity index (χ1) is 13.0. The Morgan fingerprint density at radius 3 is 2.70 bits per heavy atom. The largest absolute Gasteiger partial charge is 0.493 e. The standard InChI is InChI=1S/C19H18FN3O4/c1-26-17-7-11(5-6-16(17)27-10-18(21)24)9-22-19(25)15-8-12-13(20)3-2-4-14(12)23-15/h2-8,23H,9-10H2,1H3,(H2,21,24)(H,22,25). The minimum absolute atomic E-state index is 0.225. The minimum Gasteiger partial charge on any atom is -0.493 e. The van der Waals surface area contributed by atoms with Crippen LogP contribution in [0.25, 0.3) is 10.9 Å². The van der Waals surface area contributed by atoms with Gasteiger partial charge in [0, 0.05) is 17.4 Å². The van der Waals surface area contributed by atoms with E-state index < -0.39 is 5.91 Å². The summed E-state index contributed by atoms with van der Waals surface area (Å²) in [6.07, 6.45) is 0. The van der Waals surface area contributed by atoms with Crippen LogP contribution in [0.5, 0.6) is 11.5 Å². The highest BCUT2D eigenvalue weighted by Crippen LogP contribution is 2.28. The van der Waals surface area contributed by atoms with E-state index in [1.807, 2.05) is 0 Å². The van der Waals surface area contributed by atoms with E-state index >= 15 is 0 Å². The average Bonchev–Trinajstić information content (AvgIpc) is 3.10. The molecule has 1 heterocycles. The summed E-state index contributed by atoms with van der Waals surface area (Å²) >= 11 is 0. The Morgan fingerprint density at radius 1 is 1.19 bits per heavy atom. The van der Waals surface area contributed by atoms with Crippen LogP contribution < -0.4 is 20.5 Å². The van der Waals surface area contributed by atoms with Crippen molar-refractivity contribution in [2.24, 2.45) is 5.73 Å². The van der Waals surface area contributed by atoms with Crippen molar-refractivity contribution in [2.75, 3.05) is 13.7 Å². The predicted octanol–water partition coefficient (Wildman–Crippen LogP) is 2.11. The van der Waals surface area contributed by atoms with E-state index in [0.29, 0.717) is 22.4 Å². The number of ether oxygens (including phenoxy) is 2. The Labute approximate surface area is 154 Å². The van der Waals surface area contributed by atoms with Crippen molar-refractivity contribution < 1.29 is 23.5 Å². The second kappa shape index (κ2) is 7.77. The molecule has 0 radical (unpaired) electrons. The summed E-state index contributed by atoms with van der Waals surface area (Å²) in [6, 6.07) is 11.1. The number of amides is 2. The van der Waals surface area contributed by atoms with Crippen molar-refractivity contribution in [3.8, 4) is 11.5 Å². The normalized spacial score (nSPS) is 10.6. The van der Waals surface area contributed by atoms with Gasteiger partial charge in [-0.15, -0.1) is 0 Å². The molecular formula is C19H18FN3O4. The lowest BCUT2D eigenvalue weighted by atomic mass is 10.2. The van der Waals surface area contributed by atoms with E-state index in [2.05, 4.69) is 10.3 Å². The number of aromatic nitrogens is 1. The second-order valence-electron chi connectivity index (χ2n) is 5.81. The van der Waals surface area contributed by atoms with Crippen LogP contribution in [0.2, 0.25) is 0 Å². The van der Waals surface area contributed by atoms with Crippen molar-refractivity contribution in [1.82, 2.24) is 10.3 Å². The van der Waals surface area contributed by atoms with Gasteiger partial charge in [-0.2, -0.15) is 0 Å². The summed E-state index contributed by atoms with van der Waals surface area (Å²) in [5.74, 6) is -0.561. The number of nitrogens with one attached hydrogen (secondary N) is 2. The fourth-order valence-electron chi connectivity index (χ4n) is 2.61. The molecule has 0 saturated carbocycles. The number of hydrogen-bond acceptors (Lipinski definition) is 4. The zero-order valence-electron chi connectivity index (χ0n) is 14.5. The summed E-state index contributed by atoms with van der Waals surface area (Å²) < 4.78 is 24.2. The molecule has 3 rings (SSSR count). The monoisotopic (exact) mass is 371 g/mol. The number of nitrogens with two attached hydrogens (primary N) is 1. The van der Waals surface area contributed by atoms with Gasteiger partial charge in [-0.25, -0.2) is 4.39 Å². The van der Waals surface area contributed by atoms with Crippen LogP contribution in [0, 0.1) is 5.82 Å². The predicted molar refractivity (Wildman–Crippen MR) is 97.1 cm³/mol. The van der Waals surface area contributed by atoms with E-state index in [0.717, 1.165) is 5.56 Å². The topological polar surface area (TPSA) is 106 Å². The highest BCUT2D eigenvalue weighted by Gasteiger charge is 2.12. The van der Waals surface area contributed by atoms with Crippen LogP contribution in [-0.4, -0.2) is 30.5 Å². The number of methoxy groups -OCH3 is 1. The molecule has 1 aromatic heterocycles. The van der Waals surface area contributed by atoms with E-state index in [9.17, 15) is 14.0 Å². The molecule has 0 saturated heterocycles. The van der Waals surface area contributed by atoms with Gasteiger partial charge in [-0.1, -0.05) is 12.1 Å². The van der Waals surface area contributed by atoms with E-state index in [4.69, 9.17) is 15.2 Å². The van der Waals surface area contributed by atoms with Crippen molar-refractivity contribution in [2.45, 2.75) is 6.54 Å². The van der Waals surface area contributed by atoms with E-state index in [1.165, 1.54) is 19.2 Å². The van der Waals surface area contributed by atoms with Gasteiger partial charge in [0.05, 0.1) is 7.11 Å². The Hall–Kier alpha value is -3.55. The smallest absolute Gasteiger partial charge is 0.267 e. The minimum atomic E-state index is -0.594. The molecule has 4 N–H and O–H groups in total. The highest BCUT2D eigenvalue weighted by atomic mass is 19.1. The van der Waals surface area contributed by atoms with Gasteiger partial charge in [0.2, 0.25) is 0 Å². The third-order valence-corrected chi connectivity index (χ3v) is 3.91. The molecule has 0 aliphatic carbocycles. The molecule has 0 atom stereocenters. The van der Waals surface area contributed by atoms with Crippen LogP contribution >= 0.6 is 0 Å². The van der Waals surface area contributed by atoms with Gasteiger partial charge in [-0.3, -0.25) is 9.59 Å². The Balaban J connectivity index is 1.68. The molecule has 7 nitrogen and oxygen atoms in total. The molecule has 2 amide bonds. The lowest BCUT2D eigenvalue weighted by molar-refractivity contribution is -0.119. The lowest BCUT2D eigenvalue weighted by Crippen LogP contribution is -2.23. The Bertz CT molecular complexity index is 1000. The quantitative estimate of drug-likeness (QED) is 0.591. The second-order valence-corrected chi connectivity index (χ2v) is 5.81. The van der Waals surface area contributed by atoms with Crippen molar-refractivity contribution >= 4 is 22.7 Å². The van der Waals surface area contributed by atoms with E-state index in [1.54, 1.807) is 30.3 Å². The molecule has 8 heteroatoms. The first kappa shape index (κ1) is 18.2. The summed E-state index contributed by atoms with van der Waals surface area (Å²) in [7, 11) is 1.47. The van der Waals surface area contributed by atoms with Crippen molar-refractivity contribution in [1.29, 1.82) is 0 Å². The SMILES string of the molecule is COc1cc(CNC(=O)c2cc3c(F)cccc3[nH]2)ccc1OCC(N)=O. The number of primary amides is 1. The van der Waals surface area contributed by atoms with Crippen LogP contribution in [0.4, 0.5) is 4.39 Å². The molecule has 0 aliphatic heterocycles. The maximum absolute atomic E-state index is 13.7. The number of carbonyl (C=O) groups is 2. The molecule has 3 aromatic rings. The van der Waals surface area contributed by atoms with Crippen LogP contribution in [0.3, 0.4) is 0 Å². The molecular weight excluding hydrogens is 353 g/mol. The van der Waals surface area contributed by atoms with E-state index in [-0.39, 0.29) is 30.6 Å². The Morgan fingerprint density at radius 2 is 2.00 bits per heavy atom. The number of benzene rings is 2. The van der Waals surface area contributed by atoms with Crippen molar-refractivity contribution in [3.05, 3.63) is 59.5 Å². The van der Waals surface area contributed by atoms with Gasteiger partial charge < -0.3 is 25.5 Å². The summed E-state index contributed by atoms with van der Waals surface area (Å²) in [4.78, 5) is 26.0.